The number of rotatable bonds is 4. The number of hydrazone groups is 1. The van der Waals surface area contributed by atoms with Crippen molar-refractivity contribution in [2.45, 2.75) is 19.0 Å². The zero-order valence-corrected chi connectivity index (χ0v) is 20.2. The smallest absolute Gasteiger partial charge is 0.269 e. The van der Waals surface area contributed by atoms with E-state index in [-0.39, 0.29) is 17.2 Å². The number of carbonyl (C=O) groups excluding carboxylic acids is 3. The van der Waals surface area contributed by atoms with Gasteiger partial charge >= 0.3 is 0 Å². The van der Waals surface area contributed by atoms with Crippen molar-refractivity contribution >= 4 is 46.8 Å². The van der Waals surface area contributed by atoms with E-state index in [1.54, 1.807) is 42.4 Å². The van der Waals surface area contributed by atoms with Crippen molar-refractivity contribution in [3.05, 3.63) is 104 Å². The molecule has 4 atom stereocenters. The molecule has 3 aromatic carbocycles. The van der Waals surface area contributed by atoms with Gasteiger partial charge in [-0.05, 0) is 53.9 Å². The molecule has 0 saturated carbocycles. The topological polar surface area (TPSA) is 113 Å². The maximum absolute atomic E-state index is 13.9. The maximum atomic E-state index is 13.9. The zero-order valence-electron chi connectivity index (χ0n) is 19.4. The number of anilines is 1. The van der Waals surface area contributed by atoms with Gasteiger partial charge in [0.2, 0.25) is 11.8 Å². The van der Waals surface area contributed by atoms with Crippen LogP contribution in [0.4, 0.5) is 11.4 Å². The molecule has 0 N–H and O–H groups in total. The highest BCUT2D eigenvalue weighted by atomic mass is 35.5. The van der Waals surface area contributed by atoms with Crippen LogP contribution in [0.5, 0.6) is 0 Å². The Morgan fingerprint density at radius 1 is 1.00 bits per heavy atom. The van der Waals surface area contributed by atoms with E-state index >= 15 is 0 Å². The summed E-state index contributed by atoms with van der Waals surface area (Å²) in [5.74, 6) is -3.17. The molecule has 184 valence electrons. The van der Waals surface area contributed by atoms with Gasteiger partial charge in [0, 0.05) is 22.7 Å². The number of ketones is 1. The second-order valence-electron chi connectivity index (χ2n) is 9.31. The standard InChI is InChI=1S/C27H19ClN4O5/c1-14-12-18(32(36)37)10-11-20(14)30-26(34)21-22(27(30)35)24(25(33)15-6-8-17(28)9-7-15)31-23(21)19-5-3-2-4-16(19)13-29-31/h2-13,21-24H,1H3/t21-,22-,23+,24+/m1/s1. The minimum absolute atomic E-state index is 0.141. The third kappa shape index (κ3) is 3.38. The minimum atomic E-state index is -1.01. The van der Waals surface area contributed by atoms with Crippen molar-refractivity contribution in [2.24, 2.45) is 16.9 Å². The number of nitro benzene ring substituents is 1. The van der Waals surface area contributed by atoms with Crippen LogP contribution in [0, 0.1) is 28.9 Å². The van der Waals surface area contributed by atoms with Crippen LogP contribution in [-0.2, 0) is 9.59 Å². The van der Waals surface area contributed by atoms with Gasteiger partial charge in [0.15, 0.2) is 5.78 Å². The van der Waals surface area contributed by atoms with Crippen LogP contribution in [-0.4, -0.2) is 39.8 Å². The van der Waals surface area contributed by atoms with Gasteiger partial charge in [-0.25, -0.2) is 4.90 Å². The fourth-order valence-corrected chi connectivity index (χ4v) is 5.82. The van der Waals surface area contributed by atoms with E-state index in [1.165, 1.54) is 18.2 Å². The summed E-state index contributed by atoms with van der Waals surface area (Å²) in [6, 6.07) is 16.2. The van der Waals surface area contributed by atoms with Crippen molar-refractivity contribution in [1.29, 1.82) is 0 Å². The summed E-state index contributed by atoms with van der Waals surface area (Å²) in [5.41, 5.74) is 2.52. The summed E-state index contributed by atoms with van der Waals surface area (Å²) < 4.78 is 0. The molecule has 0 bridgehead atoms. The molecule has 3 aliphatic heterocycles. The van der Waals surface area contributed by atoms with Crippen LogP contribution >= 0.6 is 11.6 Å². The van der Waals surface area contributed by atoms with Crippen LogP contribution in [0.25, 0.3) is 0 Å². The highest BCUT2D eigenvalue weighted by molar-refractivity contribution is 6.30. The van der Waals surface area contributed by atoms with Gasteiger partial charge in [-0.1, -0.05) is 35.9 Å². The molecule has 3 heterocycles. The Morgan fingerprint density at radius 3 is 2.41 bits per heavy atom. The molecule has 10 heteroatoms. The third-order valence-corrected chi connectivity index (χ3v) is 7.57. The Balaban J connectivity index is 1.49. The third-order valence-electron chi connectivity index (χ3n) is 7.32. The van der Waals surface area contributed by atoms with Crippen LogP contribution in [0.15, 0.2) is 71.8 Å². The largest absolute Gasteiger partial charge is 0.292 e. The van der Waals surface area contributed by atoms with Gasteiger partial charge in [0.1, 0.15) is 6.04 Å². The number of halogens is 1. The number of non-ortho nitro benzene ring substituents is 1. The second-order valence-corrected chi connectivity index (χ2v) is 9.74. The van der Waals surface area contributed by atoms with Crippen LogP contribution < -0.4 is 4.90 Å². The van der Waals surface area contributed by atoms with Gasteiger partial charge in [0.05, 0.1) is 34.7 Å². The molecule has 0 aliphatic carbocycles. The lowest BCUT2D eigenvalue weighted by Crippen LogP contribution is -2.44. The van der Waals surface area contributed by atoms with E-state index in [4.69, 9.17) is 11.6 Å². The van der Waals surface area contributed by atoms with E-state index in [0.29, 0.717) is 16.1 Å². The molecule has 2 saturated heterocycles. The van der Waals surface area contributed by atoms with Gasteiger partial charge < -0.3 is 0 Å². The highest BCUT2D eigenvalue weighted by Crippen LogP contribution is 2.53. The van der Waals surface area contributed by atoms with E-state index in [9.17, 15) is 24.5 Å². The van der Waals surface area contributed by atoms with Crippen molar-refractivity contribution in [2.75, 3.05) is 4.90 Å². The van der Waals surface area contributed by atoms with Crippen molar-refractivity contribution in [3.63, 3.8) is 0 Å². The molecule has 3 aromatic rings. The van der Waals surface area contributed by atoms with Crippen molar-refractivity contribution in [1.82, 2.24) is 5.01 Å². The van der Waals surface area contributed by atoms with E-state index in [2.05, 4.69) is 5.10 Å². The number of nitrogens with zero attached hydrogens (tertiary/aromatic N) is 4. The molecule has 2 fully saturated rings. The fraction of sp³-hybridized carbons (Fsp3) is 0.185. The number of hydrogen-bond donors (Lipinski definition) is 0. The number of benzene rings is 3. The number of carbonyl (C=O) groups is 3. The molecular formula is C27H19ClN4O5. The first-order chi connectivity index (χ1) is 17.8. The summed E-state index contributed by atoms with van der Waals surface area (Å²) in [4.78, 5) is 53.5. The second kappa shape index (κ2) is 8.35. The predicted molar refractivity (Wildman–Crippen MR) is 135 cm³/mol. The number of hydrogen-bond acceptors (Lipinski definition) is 7. The first kappa shape index (κ1) is 23.1. The summed E-state index contributed by atoms with van der Waals surface area (Å²) in [7, 11) is 0. The summed E-state index contributed by atoms with van der Waals surface area (Å²) in [5, 5.41) is 17.8. The molecule has 6 rings (SSSR count). The van der Waals surface area contributed by atoms with Gasteiger partial charge in [-0.3, -0.25) is 29.5 Å². The highest BCUT2D eigenvalue weighted by Gasteiger charge is 2.65. The zero-order chi connectivity index (χ0) is 26.0. The number of imide groups is 1. The fourth-order valence-electron chi connectivity index (χ4n) is 5.69. The van der Waals surface area contributed by atoms with Crippen LogP contribution in [0.3, 0.4) is 0 Å². The molecular weight excluding hydrogens is 496 g/mol. The minimum Gasteiger partial charge on any atom is -0.292 e. The molecule has 2 amide bonds. The monoisotopic (exact) mass is 514 g/mol. The van der Waals surface area contributed by atoms with Gasteiger partial charge in [-0.2, -0.15) is 5.10 Å². The normalized spacial score (nSPS) is 23.6. The lowest BCUT2D eigenvalue weighted by Gasteiger charge is -2.34. The lowest BCUT2D eigenvalue weighted by molar-refractivity contribution is -0.384. The van der Waals surface area contributed by atoms with E-state index < -0.39 is 40.7 Å². The predicted octanol–water partition coefficient (Wildman–Crippen LogP) is 4.32. The molecule has 37 heavy (non-hydrogen) atoms. The average Bonchev–Trinajstić information content (AvgIpc) is 3.36. The number of nitro groups is 1. The summed E-state index contributed by atoms with van der Waals surface area (Å²) >= 11 is 6.01. The van der Waals surface area contributed by atoms with E-state index in [1.807, 2.05) is 24.3 Å². The molecule has 3 aliphatic rings. The average molecular weight is 515 g/mol. The lowest BCUT2D eigenvalue weighted by atomic mass is 9.83. The SMILES string of the molecule is Cc1cc([N+](=O)[O-])ccc1N1C(=O)[C@@H]2[C@@H](C1=O)[C@@H]1c3ccccc3C=NN1[C@@H]2C(=O)c1ccc(Cl)cc1. The van der Waals surface area contributed by atoms with Crippen molar-refractivity contribution < 1.29 is 19.3 Å². The number of fused-ring (bicyclic) bond motifs is 5. The number of amides is 2. The summed E-state index contributed by atoms with van der Waals surface area (Å²) in [6.07, 6.45) is 1.64. The van der Waals surface area contributed by atoms with Crippen LogP contribution in [0.1, 0.15) is 33.1 Å². The number of Topliss-reactive ketones (excluding diaryl/α,β-unsaturated/α-hetero) is 1. The molecule has 0 spiro atoms. The van der Waals surface area contributed by atoms with E-state index in [0.717, 1.165) is 16.0 Å². The number of aryl methyl sites for hydroxylation is 1. The Morgan fingerprint density at radius 2 is 1.70 bits per heavy atom. The molecule has 0 radical (unpaired) electrons. The quantitative estimate of drug-likeness (QED) is 0.222. The first-order valence-electron chi connectivity index (χ1n) is 11.6. The maximum Gasteiger partial charge on any atom is 0.269 e. The summed E-state index contributed by atoms with van der Waals surface area (Å²) in [6.45, 7) is 1.61. The first-order valence-corrected chi connectivity index (χ1v) is 12.0. The van der Waals surface area contributed by atoms with Crippen molar-refractivity contribution in [3.8, 4) is 0 Å². The Bertz CT molecular complexity index is 1540. The Kier molecular flexibility index (Phi) is 5.20. The van der Waals surface area contributed by atoms with Crippen LogP contribution in [0.2, 0.25) is 5.02 Å². The Labute approximate surface area is 216 Å². The van der Waals surface area contributed by atoms with Gasteiger partial charge in [-0.15, -0.1) is 0 Å². The molecule has 0 aromatic heterocycles. The molecule has 9 nitrogen and oxygen atoms in total. The Hall–Kier alpha value is -4.37. The van der Waals surface area contributed by atoms with Gasteiger partial charge in [0.25, 0.3) is 5.69 Å². The molecule has 0 unspecified atom stereocenters.